The minimum atomic E-state index is -1.07. The Balaban J connectivity index is 2.54. The molecule has 0 saturated carbocycles. The average molecular weight is 285 g/mol. The zero-order chi connectivity index (χ0) is 13.3. The van der Waals surface area contributed by atoms with Gasteiger partial charge >= 0.3 is 5.97 Å². The van der Waals surface area contributed by atoms with Crippen molar-refractivity contribution in [1.82, 2.24) is 0 Å². The third-order valence-corrected chi connectivity index (χ3v) is 2.92. The molecule has 0 aliphatic heterocycles. The molecule has 2 aromatic rings. The van der Waals surface area contributed by atoms with Gasteiger partial charge in [-0.1, -0.05) is 29.3 Å². The molecule has 2 nitrogen and oxygen atoms in total. The van der Waals surface area contributed by atoms with Gasteiger partial charge in [-0.2, -0.15) is 0 Å². The van der Waals surface area contributed by atoms with Gasteiger partial charge in [-0.25, -0.2) is 9.18 Å². The standard InChI is InChI=1S/C13H7Cl2FO2/c14-9-3-8(4-10(16)6-9)11-2-1-7(13(17)18)5-12(11)15/h1-6H,(H,17,18). The lowest BCUT2D eigenvalue weighted by Gasteiger charge is -2.06. The summed E-state index contributed by atoms with van der Waals surface area (Å²) < 4.78 is 13.2. The van der Waals surface area contributed by atoms with Gasteiger partial charge in [0.1, 0.15) is 5.82 Å². The predicted octanol–water partition coefficient (Wildman–Crippen LogP) is 4.50. The van der Waals surface area contributed by atoms with Crippen molar-refractivity contribution in [3.63, 3.8) is 0 Å². The maximum Gasteiger partial charge on any atom is 0.335 e. The van der Waals surface area contributed by atoms with E-state index in [9.17, 15) is 9.18 Å². The highest BCUT2D eigenvalue weighted by Gasteiger charge is 2.10. The molecule has 2 aromatic carbocycles. The van der Waals surface area contributed by atoms with E-state index in [0.717, 1.165) is 0 Å². The van der Waals surface area contributed by atoms with Crippen molar-refractivity contribution in [2.75, 3.05) is 0 Å². The molecular formula is C13H7Cl2FO2. The largest absolute Gasteiger partial charge is 0.478 e. The fourth-order valence-corrected chi connectivity index (χ4v) is 2.10. The second-order valence-electron chi connectivity index (χ2n) is 3.66. The molecule has 0 amide bonds. The zero-order valence-electron chi connectivity index (χ0n) is 8.95. The highest BCUT2D eigenvalue weighted by atomic mass is 35.5. The van der Waals surface area contributed by atoms with Gasteiger partial charge in [-0.3, -0.25) is 0 Å². The minimum Gasteiger partial charge on any atom is -0.478 e. The molecule has 0 unspecified atom stereocenters. The van der Waals surface area contributed by atoms with Crippen molar-refractivity contribution in [3.05, 3.63) is 57.8 Å². The molecule has 0 fully saturated rings. The molecule has 92 valence electrons. The molecule has 2 rings (SSSR count). The number of halogens is 3. The van der Waals surface area contributed by atoms with Crippen molar-refractivity contribution in [3.8, 4) is 11.1 Å². The van der Waals surface area contributed by atoms with Crippen LogP contribution in [-0.2, 0) is 0 Å². The summed E-state index contributed by atoms with van der Waals surface area (Å²) in [6, 6.07) is 8.28. The zero-order valence-corrected chi connectivity index (χ0v) is 10.5. The quantitative estimate of drug-likeness (QED) is 0.882. The molecular weight excluding hydrogens is 278 g/mol. The van der Waals surface area contributed by atoms with Crippen molar-refractivity contribution >= 4 is 29.2 Å². The number of carboxylic acid groups (broad SMARTS) is 1. The maximum absolute atomic E-state index is 13.2. The molecule has 0 spiro atoms. The van der Waals surface area contributed by atoms with Gasteiger partial charge in [0, 0.05) is 15.6 Å². The number of carbonyl (C=O) groups is 1. The monoisotopic (exact) mass is 284 g/mol. The molecule has 1 N–H and O–H groups in total. The van der Waals surface area contributed by atoms with E-state index in [1.165, 1.54) is 30.3 Å². The van der Waals surface area contributed by atoms with Crippen molar-refractivity contribution < 1.29 is 14.3 Å². The van der Waals surface area contributed by atoms with Crippen LogP contribution in [0.1, 0.15) is 10.4 Å². The highest BCUT2D eigenvalue weighted by Crippen LogP contribution is 2.31. The van der Waals surface area contributed by atoms with Crippen LogP contribution in [0, 0.1) is 5.82 Å². The van der Waals surface area contributed by atoms with Crippen LogP contribution in [-0.4, -0.2) is 11.1 Å². The van der Waals surface area contributed by atoms with Gasteiger partial charge in [-0.15, -0.1) is 0 Å². The van der Waals surface area contributed by atoms with Gasteiger partial charge < -0.3 is 5.11 Å². The van der Waals surface area contributed by atoms with Crippen LogP contribution in [0.25, 0.3) is 11.1 Å². The average Bonchev–Trinajstić information content (AvgIpc) is 2.27. The van der Waals surface area contributed by atoms with E-state index in [0.29, 0.717) is 11.1 Å². The Morgan fingerprint density at radius 2 is 1.83 bits per heavy atom. The number of rotatable bonds is 2. The molecule has 0 heterocycles. The van der Waals surface area contributed by atoms with Crippen LogP contribution in [0.5, 0.6) is 0 Å². The normalized spacial score (nSPS) is 10.4. The van der Waals surface area contributed by atoms with Crippen LogP contribution in [0.4, 0.5) is 4.39 Å². The van der Waals surface area contributed by atoms with E-state index in [-0.39, 0.29) is 15.6 Å². The SMILES string of the molecule is O=C(O)c1ccc(-c2cc(F)cc(Cl)c2)c(Cl)c1. The van der Waals surface area contributed by atoms with Crippen molar-refractivity contribution in [1.29, 1.82) is 0 Å². The van der Waals surface area contributed by atoms with Gasteiger partial charge in [-0.05, 0) is 35.9 Å². The Morgan fingerprint density at radius 1 is 1.11 bits per heavy atom. The number of hydrogen-bond donors (Lipinski definition) is 1. The van der Waals surface area contributed by atoms with Crippen LogP contribution in [0.2, 0.25) is 10.0 Å². The molecule has 0 atom stereocenters. The van der Waals surface area contributed by atoms with Crippen LogP contribution in [0.3, 0.4) is 0 Å². The van der Waals surface area contributed by atoms with Gasteiger partial charge in [0.15, 0.2) is 0 Å². The summed E-state index contributed by atoms with van der Waals surface area (Å²) >= 11 is 11.7. The molecule has 5 heteroatoms. The highest BCUT2D eigenvalue weighted by molar-refractivity contribution is 6.34. The van der Waals surface area contributed by atoms with Crippen LogP contribution in [0.15, 0.2) is 36.4 Å². The van der Waals surface area contributed by atoms with E-state index in [1.807, 2.05) is 0 Å². The first-order chi connectivity index (χ1) is 8.47. The number of carboxylic acids is 1. The summed E-state index contributed by atoms with van der Waals surface area (Å²) in [6.07, 6.45) is 0. The maximum atomic E-state index is 13.2. The van der Waals surface area contributed by atoms with E-state index in [1.54, 1.807) is 6.07 Å². The molecule has 0 aliphatic carbocycles. The Bertz CT molecular complexity index is 606. The van der Waals surface area contributed by atoms with E-state index in [2.05, 4.69) is 0 Å². The van der Waals surface area contributed by atoms with Crippen molar-refractivity contribution in [2.45, 2.75) is 0 Å². The van der Waals surface area contributed by atoms with Crippen LogP contribution >= 0.6 is 23.2 Å². The number of aromatic carboxylic acids is 1. The fraction of sp³-hybridized carbons (Fsp3) is 0. The Morgan fingerprint density at radius 3 is 2.39 bits per heavy atom. The minimum absolute atomic E-state index is 0.0752. The molecule has 0 aromatic heterocycles. The molecule has 0 bridgehead atoms. The summed E-state index contributed by atoms with van der Waals surface area (Å²) in [5.41, 5.74) is 1.11. The summed E-state index contributed by atoms with van der Waals surface area (Å²) in [4.78, 5) is 10.8. The van der Waals surface area contributed by atoms with Crippen LogP contribution < -0.4 is 0 Å². The number of hydrogen-bond acceptors (Lipinski definition) is 1. The lowest BCUT2D eigenvalue weighted by atomic mass is 10.0. The third-order valence-electron chi connectivity index (χ3n) is 2.39. The first-order valence-corrected chi connectivity index (χ1v) is 5.72. The lowest BCUT2D eigenvalue weighted by Crippen LogP contribution is -1.96. The van der Waals surface area contributed by atoms with Gasteiger partial charge in [0.25, 0.3) is 0 Å². The second-order valence-corrected chi connectivity index (χ2v) is 4.50. The Hall–Kier alpha value is -1.58. The summed E-state index contributed by atoms with van der Waals surface area (Å²) in [5.74, 6) is -1.54. The van der Waals surface area contributed by atoms with E-state index in [4.69, 9.17) is 28.3 Å². The van der Waals surface area contributed by atoms with E-state index < -0.39 is 11.8 Å². The first kappa shape index (κ1) is 12.9. The molecule has 0 saturated heterocycles. The topological polar surface area (TPSA) is 37.3 Å². The second kappa shape index (κ2) is 4.96. The molecule has 0 radical (unpaired) electrons. The van der Waals surface area contributed by atoms with E-state index >= 15 is 0 Å². The Kier molecular flexibility index (Phi) is 3.55. The fourth-order valence-electron chi connectivity index (χ4n) is 1.59. The predicted molar refractivity (Wildman–Crippen MR) is 68.8 cm³/mol. The summed E-state index contributed by atoms with van der Waals surface area (Å²) in [6.45, 7) is 0. The van der Waals surface area contributed by atoms with Gasteiger partial charge in [0.2, 0.25) is 0 Å². The third kappa shape index (κ3) is 2.63. The van der Waals surface area contributed by atoms with Crippen molar-refractivity contribution in [2.24, 2.45) is 0 Å². The summed E-state index contributed by atoms with van der Waals surface area (Å²) in [5, 5.41) is 9.31. The smallest absolute Gasteiger partial charge is 0.335 e. The number of benzene rings is 2. The first-order valence-electron chi connectivity index (χ1n) is 4.96. The van der Waals surface area contributed by atoms with Gasteiger partial charge in [0.05, 0.1) is 5.56 Å². The summed E-state index contributed by atoms with van der Waals surface area (Å²) in [7, 11) is 0. The molecule has 0 aliphatic rings. The Labute approximate surface area is 113 Å². The molecule has 18 heavy (non-hydrogen) atoms. The lowest BCUT2D eigenvalue weighted by molar-refractivity contribution is 0.0697.